The molecule has 1 aliphatic rings. The molecule has 0 atom stereocenters. The fraction of sp³-hybridized carbons (Fsp3) is 0.227. The number of aromatic nitrogens is 4. The molecule has 0 radical (unpaired) electrons. The number of thioether (sulfide) groups is 1. The summed E-state index contributed by atoms with van der Waals surface area (Å²) in [6.45, 7) is 0. The van der Waals surface area contributed by atoms with Crippen LogP contribution in [0.1, 0.15) is 35.1 Å². The second-order valence-corrected chi connectivity index (χ2v) is 8.96. The van der Waals surface area contributed by atoms with Crippen molar-refractivity contribution in [2.45, 2.75) is 36.2 Å². The minimum atomic E-state index is -0.261. The van der Waals surface area contributed by atoms with Crippen molar-refractivity contribution in [2.24, 2.45) is 0 Å². The van der Waals surface area contributed by atoms with Crippen LogP contribution in [0, 0.1) is 5.82 Å². The van der Waals surface area contributed by atoms with E-state index in [-0.39, 0.29) is 5.82 Å². The lowest BCUT2D eigenvalue weighted by Crippen LogP contribution is -2.01. The lowest BCUT2D eigenvalue weighted by Gasteiger charge is -2.09. The highest BCUT2D eigenvalue weighted by Gasteiger charge is 2.31. The molecule has 1 fully saturated rings. The molecule has 0 aliphatic heterocycles. The molecule has 146 valence electrons. The van der Waals surface area contributed by atoms with Crippen LogP contribution in [0.25, 0.3) is 11.4 Å². The Morgan fingerprint density at radius 1 is 1.03 bits per heavy atom. The zero-order valence-electron chi connectivity index (χ0n) is 15.7. The molecule has 1 saturated carbocycles. The predicted octanol–water partition coefficient (Wildman–Crippen LogP) is 5.76. The molecule has 0 amide bonds. The van der Waals surface area contributed by atoms with Gasteiger partial charge in [0.2, 0.25) is 0 Å². The second kappa shape index (κ2) is 8.08. The van der Waals surface area contributed by atoms with E-state index in [1.165, 1.54) is 11.6 Å². The van der Waals surface area contributed by atoms with Crippen molar-refractivity contribution in [2.75, 3.05) is 0 Å². The van der Waals surface area contributed by atoms with E-state index < -0.39 is 0 Å². The van der Waals surface area contributed by atoms with Crippen molar-refractivity contribution in [3.05, 3.63) is 82.1 Å². The van der Waals surface area contributed by atoms with E-state index in [4.69, 9.17) is 4.98 Å². The maximum absolute atomic E-state index is 14.3. The summed E-state index contributed by atoms with van der Waals surface area (Å²) < 4.78 is 16.4. The van der Waals surface area contributed by atoms with Crippen LogP contribution in [0.5, 0.6) is 0 Å². The summed E-state index contributed by atoms with van der Waals surface area (Å²) in [6, 6.07) is 17.5. The van der Waals surface area contributed by atoms with E-state index >= 15 is 0 Å². The molecule has 0 unspecified atom stereocenters. The van der Waals surface area contributed by atoms with Crippen molar-refractivity contribution in [3.63, 3.8) is 0 Å². The molecule has 2 heterocycles. The van der Waals surface area contributed by atoms with Crippen LogP contribution < -0.4 is 0 Å². The molecule has 1 aliphatic carbocycles. The first-order chi connectivity index (χ1) is 14.3. The molecule has 2 aromatic heterocycles. The van der Waals surface area contributed by atoms with Crippen LogP contribution >= 0.6 is 23.1 Å². The highest BCUT2D eigenvalue weighted by atomic mass is 32.2. The van der Waals surface area contributed by atoms with Gasteiger partial charge in [0.1, 0.15) is 5.82 Å². The molecule has 7 heteroatoms. The van der Waals surface area contributed by atoms with Crippen molar-refractivity contribution in [1.29, 1.82) is 0 Å². The molecule has 0 N–H and O–H groups in total. The zero-order chi connectivity index (χ0) is 19.6. The molecule has 5 rings (SSSR count). The number of nitrogens with zero attached hydrogens (tertiary/aromatic N) is 4. The highest BCUT2D eigenvalue weighted by molar-refractivity contribution is 7.98. The van der Waals surface area contributed by atoms with Gasteiger partial charge in [0.25, 0.3) is 0 Å². The molecule has 29 heavy (non-hydrogen) atoms. The number of rotatable bonds is 7. The summed E-state index contributed by atoms with van der Waals surface area (Å²) in [5.41, 5.74) is 2.82. The Bertz CT molecular complexity index is 1120. The maximum atomic E-state index is 14.3. The van der Waals surface area contributed by atoms with Gasteiger partial charge in [-0.2, -0.15) is 0 Å². The summed E-state index contributed by atoms with van der Waals surface area (Å²) in [6.07, 6.45) is 3.03. The standard InChI is InChI=1S/C22H19FN4S2/c23-19-9-5-4-8-18(19)21-25-26-22(27(21)17-10-11-17)29-14-16-13-28-20(24-16)12-15-6-2-1-3-7-15/h1-9,13,17H,10-12,14H2. The quantitative estimate of drug-likeness (QED) is 0.355. The first-order valence-corrected chi connectivity index (χ1v) is 11.4. The van der Waals surface area contributed by atoms with Gasteiger partial charge < -0.3 is 0 Å². The van der Waals surface area contributed by atoms with E-state index in [9.17, 15) is 4.39 Å². The summed E-state index contributed by atoms with van der Waals surface area (Å²) >= 11 is 3.31. The Morgan fingerprint density at radius 2 is 1.83 bits per heavy atom. The SMILES string of the molecule is Fc1ccccc1-c1nnc(SCc2csc(Cc3ccccc3)n2)n1C1CC1. The topological polar surface area (TPSA) is 43.6 Å². The van der Waals surface area contributed by atoms with E-state index in [1.54, 1.807) is 35.2 Å². The molecule has 2 aromatic carbocycles. The zero-order valence-corrected chi connectivity index (χ0v) is 17.3. The van der Waals surface area contributed by atoms with Crippen molar-refractivity contribution in [1.82, 2.24) is 19.7 Å². The molecular formula is C22H19FN4S2. The molecular weight excluding hydrogens is 403 g/mol. The Labute approximate surface area is 176 Å². The number of thiazole rings is 1. The lowest BCUT2D eigenvalue weighted by atomic mass is 10.2. The molecule has 0 spiro atoms. The van der Waals surface area contributed by atoms with E-state index in [0.717, 1.165) is 40.9 Å². The van der Waals surface area contributed by atoms with Gasteiger partial charge in [0, 0.05) is 23.6 Å². The second-order valence-electron chi connectivity index (χ2n) is 7.07. The third kappa shape index (κ3) is 4.11. The fourth-order valence-electron chi connectivity index (χ4n) is 3.27. The Hall–Kier alpha value is -2.51. The normalized spacial score (nSPS) is 13.7. The summed E-state index contributed by atoms with van der Waals surface area (Å²) in [5, 5.41) is 12.7. The van der Waals surface area contributed by atoms with Gasteiger partial charge in [-0.3, -0.25) is 4.57 Å². The molecule has 4 aromatic rings. The largest absolute Gasteiger partial charge is 0.299 e. The Kier molecular flexibility index (Phi) is 5.16. The van der Waals surface area contributed by atoms with Gasteiger partial charge in [-0.25, -0.2) is 9.37 Å². The third-order valence-corrected chi connectivity index (χ3v) is 6.71. The maximum Gasteiger partial charge on any atom is 0.192 e. The predicted molar refractivity (Wildman–Crippen MR) is 115 cm³/mol. The van der Waals surface area contributed by atoms with Crippen molar-refractivity contribution in [3.8, 4) is 11.4 Å². The highest BCUT2D eigenvalue weighted by Crippen LogP contribution is 2.41. The first kappa shape index (κ1) is 18.5. The summed E-state index contributed by atoms with van der Waals surface area (Å²) in [7, 11) is 0. The number of hydrogen-bond acceptors (Lipinski definition) is 5. The smallest absolute Gasteiger partial charge is 0.192 e. The van der Waals surface area contributed by atoms with Crippen molar-refractivity contribution < 1.29 is 4.39 Å². The minimum absolute atomic E-state index is 0.261. The first-order valence-electron chi connectivity index (χ1n) is 9.58. The summed E-state index contributed by atoms with van der Waals surface area (Å²) in [4.78, 5) is 4.77. The minimum Gasteiger partial charge on any atom is -0.299 e. The average molecular weight is 423 g/mol. The lowest BCUT2D eigenvalue weighted by molar-refractivity contribution is 0.622. The Balaban J connectivity index is 1.32. The van der Waals surface area contributed by atoms with Crippen LogP contribution in [-0.2, 0) is 12.2 Å². The fourth-order valence-corrected chi connectivity index (χ4v) is 5.10. The summed E-state index contributed by atoms with van der Waals surface area (Å²) in [5.74, 6) is 1.09. The third-order valence-electron chi connectivity index (χ3n) is 4.84. The van der Waals surface area contributed by atoms with Crippen LogP contribution in [0.2, 0.25) is 0 Å². The van der Waals surface area contributed by atoms with Gasteiger partial charge in [0.05, 0.1) is 16.3 Å². The number of hydrogen-bond donors (Lipinski definition) is 0. The van der Waals surface area contributed by atoms with Gasteiger partial charge in [-0.15, -0.1) is 21.5 Å². The van der Waals surface area contributed by atoms with Crippen LogP contribution in [-0.4, -0.2) is 19.7 Å². The van der Waals surface area contributed by atoms with E-state index in [0.29, 0.717) is 17.4 Å². The molecule has 0 bridgehead atoms. The van der Waals surface area contributed by atoms with Crippen LogP contribution in [0.3, 0.4) is 0 Å². The van der Waals surface area contributed by atoms with E-state index in [1.807, 2.05) is 12.1 Å². The monoisotopic (exact) mass is 422 g/mol. The van der Waals surface area contributed by atoms with Gasteiger partial charge >= 0.3 is 0 Å². The van der Waals surface area contributed by atoms with Crippen LogP contribution in [0.15, 0.2) is 65.1 Å². The van der Waals surface area contributed by atoms with Gasteiger partial charge in [-0.05, 0) is 30.5 Å². The molecule has 0 saturated heterocycles. The van der Waals surface area contributed by atoms with Crippen LogP contribution in [0.4, 0.5) is 4.39 Å². The Morgan fingerprint density at radius 3 is 2.62 bits per heavy atom. The number of halogens is 1. The molecule has 4 nitrogen and oxygen atoms in total. The van der Waals surface area contributed by atoms with E-state index in [2.05, 4.69) is 44.4 Å². The van der Waals surface area contributed by atoms with Crippen molar-refractivity contribution >= 4 is 23.1 Å². The number of benzene rings is 2. The van der Waals surface area contributed by atoms with Gasteiger partial charge in [-0.1, -0.05) is 54.2 Å². The van der Waals surface area contributed by atoms with Gasteiger partial charge in [0.15, 0.2) is 11.0 Å². The average Bonchev–Trinajstić information content (AvgIpc) is 3.34.